The summed E-state index contributed by atoms with van der Waals surface area (Å²) in [6.45, 7) is 0. The molecule has 0 unspecified atom stereocenters. The molecule has 2 aromatic carbocycles. The van der Waals surface area contributed by atoms with Gasteiger partial charge in [0.2, 0.25) is 0 Å². The van der Waals surface area contributed by atoms with Crippen molar-refractivity contribution in [1.29, 1.82) is 0 Å². The van der Waals surface area contributed by atoms with Gasteiger partial charge in [0.15, 0.2) is 0 Å². The maximum Gasteiger partial charge on any atom is 0.335 e. The number of anilines is 1. The third-order valence-electron chi connectivity index (χ3n) is 3.52. The molecule has 0 atom stereocenters. The zero-order valence-corrected chi connectivity index (χ0v) is 12.6. The Morgan fingerprint density at radius 1 is 1.09 bits per heavy atom. The first-order valence-electron chi connectivity index (χ1n) is 6.53. The third-order valence-corrected chi connectivity index (χ3v) is 3.75. The van der Waals surface area contributed by atoms with Crippen molar-refractivity contribution >= 4 is 35.1 Å². The van der Waals surface area contributed by atoms with Crippen LogP contribution in [0.2, 0.25) is 5.02 Å². The third kappa shape index (κ3) is 2.33. The molecule has 1 N–H and O–H groups in total. The predicted octanol–water partition coefficient (Wildman–Crippen LogP) is 2.85. The number of imide groups is 1. The van der Waals surface area contributed by atoms with Crippen LogP contribution in [0, 0.1) is 0 Å². The van der Waals surface area contributed by atoms with Gasteiger partial charge in [-0.25, -0.2) is 9.69 Å². The molecule has 0 radical (unpaired) electrons. The summed E-state index contributed by atoms with van der Waals surface area (Å²) in [5, 5.41) is 9.36. The van der Waals surface area contributed by atoms with Gasteiger partial charge in [-0.2, -0.15) is 0 Å². The lowest BCUT2D eigenvalue weighted by Crippen LogP contribution is -2.29. The summed E-state index contributed by atoms with van der Waals surface area (Å²) >= 11 is 5.94. The number of amides is 2. The Hall–Kier alpha value is -2.86. The number of halogens is 1. The monoisotopic (exact) mass is 331 g/mol. The van der Waals surface area contributed by atoms with E-state index >= 15 is 0 Å². The molecule has 2 amide bonds. The van der Waals surface area contributed by atoms with E-state index in [0.717, 1.165) is 4.90 Å². The van der Waals surface area contributed by atoms with E-state index in [-0.39, 0.29) is 22.4 Å². The lowest BCUT2D eigenvalue weighted by Gasteiger charge is -2.17. The number of carboxylic acids is 1. The minimum absolute atomic E-state index is 0.0388. The second-order valence-corrected chi connectivity index (χ2v) is 5.26. The van der Waals surface area contributed by atoms with Gasteiger partial charge in [-0.05, 0) is 36.4 Å². The molecule has 0 spiro atoms. The van der Waals surface area contributed by atoms with E-state index in [1.165, 1.54) is 31.4 Å². The minimum Gasteiger partial charge on any atom is -0.495 e. The summed E-state index contributed by atoms with van der Waals surface area (Å²) in [6, 6.07) is 8.37. The summed E-state index contributed by atoms with van der Waals surface area (Å²) < 4.78 is 5.17. The van der Waals surface area contributed by atoms with Crippen molar-refractivity contribution in [2.24, 2.45) is 0 Å². The molecule has 23 heavy (non-hydrogen) atoms. The molecule has 1 aliphatic rings. The molecule has 0 fully saturated rings. The van der Waals surface area contributed by atoms with Crippen molar-refractivity contribution in [2.45, 2.75) is 0 Å². The van der Waals surface area contributed by atoms with Crippen LogP contribution in [-0.4, -0.2) is 30.0 Å². The van der Waals surface area contributed by atoms with Gasteiger partial charge >= 0.3 is 5.97 Å². The van der Waals surface area contributed by atoms with Gasteiger partial charge in [0, 0.05) is 5.02 Å². The number of hydrogen-bond acceptors (Lipinski definition) is 4. The van der Waals surface area contributed by atoms with Gasteiger partial charge in [0.1, 0.15) is 5.75 Å². The molecular weight excluding hydrogens is 322 g/mol. The van der Waals surface area contributed by atoms with Gasteiger partial charge in [0.25, 0.3) is 11.8 Å². The Balaban J connectivity index is 2.14. The largest absolute Gasteiger partial charge is 0.495 e. The SMILES string of the molecule is COc1ccc(Cl)cc1N1C(=O)c2ccc(C(=O)O)cc2C1=O. The highest BCUT2D eigenvalue weighted by Gasteiger charge is 2.38. The lowest BCUT2D eigenvalue weighted by atomic mass is 10.1. The number of rotatable bonds is 3. The van der Waals surface area contributed by atoms with Crippen molar-refractivity contribution in [2.75, 3.05) is 12.0 Å². The first-order valence-corrected chi connectivity index (χ1v) is 6.91. The molecule has 2 aromatic rings. The average Bonchev–Trinajstić information content (AvgIpc) is 2.78. The fraction of sp³-hybridized carbons (Fsp3) is 0.0625. The molecule has 0 aliphatic carbocycles. The number of benzene rings is 2. The van der Waals surface area contributed by atoms with Crippen molar-refractivity contribution in [3.63, 3.8) is 0 Å². The number of fused-ring (bicyclic) bond motifs is 1. The van der Waals surface area contributed by atoms with E-state index < -0.39 is 17.8 Å². The highest BCUT2D eigenvalue weighted by molar-refractivity contribution is 6.36. The number of ether oxygens (including phenoxy) is 1. The van der Waals surface area contributed by atoms with Crippen LogP contribution in [-0.2, 0) is 0 Å². The average molecular weight is 332 g/mol. The summed E-state index contributed by atoms with van der Waals surface area (Å²) in [5.41, 5.74) is 0.326. The normalized spacial score (nSPS) is 13.2. The summed E-state index contributed by atoms with van der Waals surface area (Å²) in [4.78, 5) is 37.1. The minimum atomic E-state index is -1.17. The summed E-state index contributed by atoms with van der Waals surface area (Å²) in [6.07, 6.45) is 0. The molecule has 7 heteroatoms. The van der Waals surface area contributed by atoms with Gasteiger partial charge in [-0.3, -0.25) is 9.59 Å². The zero-order chi connectivity index (χ0) is 16.7. The molecule has 116 valence electrons. The van der Waals surface area contributed by atoms with Crippen LogP contribution >= 0.6 is 11.6 Å². The standard InChI is InChI=1S/C16H10ClNO5/c1-23-13-5-3-9(17)7-12(13)18-14(19)10-4-2-8(16(21)22)6-11(10)15(18)20/h2-7H,1H3,(H,21,22). The summed E-state index contributed by atoms with van der Waals surface area (Å²) in [7, 11) is 1.41. The number of carbonyl (C=O) groups excluding carboxylic acids is 2. The Morgan fingerprint density at radius 2 is 1.78 bits per heavy atom. The molecule has 3 rings (SSSR count). The van der Waals surface area contributed by atoms with Crippen LogP contribution in [0.15, 0.2) is 36.4 Å². The first kappa shape index (κ1) is 15.1. The Labute approximate surface area is 135 Å². The molecule has 1 aliphatic heterocycles. The van der Waals surface area contributed by atoms with E-state index in [0.29, 0.717) is 10.8 Å². The maximum absolute atomic E-state index is 12.6. The van der Waals surface area contributed by atoms with Crippen LogP contribution in [0.25, 0.3) is 0 Å². The summed E-state index contributed by atoms with van der Waals surface area (Å²) in [5.74, 6) is -2.04. The molecular formula is C16H10ClNO5. The number of aromatic carboxylic acids is 1. The van der Waals surface area contributed by atoms with Crippen molar-refractivity contribution in [3.8, 4) is 5.75 Å². The van der Waals surface area contributed by atoms with E-state index in [4.69, 9.17) is 21.4 Å². The Bertz CT molecular complexity index is 862. The number of carboxylic acid groups (broad SMARTS) is 1. The second-order valence-electron chi connectivity index (χ2n) is 4.83. The van der Waals surface area contributed by atoms with Crippen LogP contribution in [0.1, 0.15) is 31.1 Å². The molecule has 1 heterocycles. The second kappa shape index (κ2) is 5.40. The molecule has 6 nitrogen and oxygen atoms in total. The van der Waals surface area contributed by atoms with Gasteiger partial charge < -0.3 is 9.84 Å². The smallest absolute Gasteiger partial charge is 0.335 e. The van der Waals surface area contributed by atoms with E-state index in [1.54, 1.807) is 12.1 Å². The number of hydrogen-bond donors (Lipinski definition) is 1. The van der Waals surface area contributed by atoms with Crippen LogP contribution < -0.4 is 9.64 Å². The number of carbonyl (C=O) groups is 3. The van der Waals surface area contributed by atoms with Crippen molar-refractivity contribution in [1.82, 2.24) is 0 Å². The highest BCUT2D eigenvalue weighted by Crippen LogP contribution is 2.36. The van der Waals surface area contributed by atoms with E-state index in [9.17, 15) is 14.4 Å². The number of methoxy groups -OCH3 is 1. The first-order chi connectivity index (χ1) is 10.9. The van der Waals surface area contributed by atoms with Gasteiger partial charge in [-0.15, -0.1) is 0 Å². The van der Waals surface area contributed by atoms with Gasteiger partial charge in [0.05, 0.1) is 29.5 Å². The van der Waals surface area contributed by atoms with Crippen LogP contribution in [0.4, 0.5) is 5.69 Å². The predicted molar refractivity (Wildman–Crippen MR) is 82.5 cm³/mol. The fourth-order valence-electron chi connectivity index (χ4n) is 2.43. The van der Waals surface area contributed by atoms with Crippen LogP contribution in [0.3, 0.4) is 0 Å². The maximum atomic E-state index is 12.6. The van der Waals surface area contributed by atoms with Gasteiger partial charge in [-0.1, -0.05) is 11.6 Å². The van der Waals surface area contributed by atoms with E-state index in [2.05, 4.69) is 0 Å². The molecule has 0 bridgehead atoms. The van der Waals surface area contributed by atoms with E-state index in [1.807, 2.05) is 0 Å². The molecule has 0 aromatic heterocycles. The topological polar surface area (TPSA) is 83.9 Å². The van der Waals surface area contributed by atoms with Crippen molar-refractivity contribution in [3.05, 3.63) is 58.1 Å². The lowest BCUT2D eigenvalue weighted by molar-refractivity contribution is 0.0696. The quantitative estimate of drug-likeness (QED) is 0.874. The fourth-order valence-corrected chi connectivity index (χ4v) is 2.60. The molecule has 0 saturated heterocycles. The Morgan fingerprint density at radius 3 is 2.43 bits per heavy atom. The highest BCUT2D eigenvalue weighted by atomic mass is 35.5. The Kier molecular flexibility index (Phi) is 3.54. The molecule has 0 saturated carbocycles. The number of nitrogens with zero attached hydrogens (tertiary/aromatic N) is 1. The van der Waals surface area contributed by atoms with Crippen molar-refractivity contribution < 1.29 is 24.2 Å². The van der Waals surface area contributed by atoms with Crippen LogP contribution in [0.5, 0.6) is 5.75 Å². The zero-order valence-electron chi connectivity index (χ0n) is 11.9.